The van der Waals surface area contributed by atoms with Gasteiger partial charge in [-0.1, -0.05) is 68.3 Å². The highest BCUT2D eigenvalue weighted by atomic mass is 16.6. The summed E-state index contributed by atoms with van der Waals surface area (Å²) in [6.45, 7) is 5.95. The van der Waals surface area contributed by atoms with Crippen molar-refractivity contribution in [2.24, 2.45) is 46.7 Å². The van der Waals surface area contributed by atoms with Crippen LogP contribution in [-0.2, 0) is 29.0 Å². The Bertz CT molecular complexity index is 3790. The monoisotopic (exact) mass is 1180 g/mol. The number of dihydropyridines is 2. The smallest absolute Gasteiger partial charge is 0.337 e. The summed E-state index contributed by atoms with van der Waals surface area (Å²) >= 11 is 0. The molecule has 12 N–H and O–H groups in total. The van der Waals surface area contributed by atoms with Gasteiger partial charge in [-0.15, -0.1) is 0 Å². The topological polar surface area (TPSA) is 269 Å². The SMILES string of the molecule is C/C=C(\C(=O)O[C@@H]1Cc2c3c(c4oc(CO)cc(=O)c4c2O)[C@@H]2C4=CCNC(N)=C4[C@H]([C@H]4CCC5=CC(NCC)NC=C5C[C@@H]4[C@]1(C)O3)C1(CCCC1)Cc1ccc(O)cc1[C@@H]2CO)[C@@]1(O)C[C@@H]2C[C@H]1C[C@@H]1c3c2cccc3[C@H](O)[C@H]2C[C@@H](O)C=C[C@H]21. The molecule has 0 amide bonds. The van der Waals surface area contributed by atoms with Crippen molar-refractivity contribution in [3.05, 3.63) is 168 Å². The number of carbonyl (C=O) groups excluding carboxylic acids is 1. The Labute approximate surface area is 506 Å². The number of likely N-dealkylation sites (N-methyl/N-ethyl adjacent to an activating group) is 1. The van der Waals surface area contributed by atoms with Gasteiger partial charge in [0.15, 0.2) is 5.43 Å². The Morgan fingerprint density at radius 2 is 1.79 bits per heavy atom. The summed E-state index contributed by atoms with van der Waals surface area (Å²) in [6, 6.07) is 12.8. The van der Waals surface area contributed by atoms with Crippen LogP contribution in [0.2, 0.25) is 0 Å². The van der Waals surface area contributed by atoms with E-state index < -0.39 is 83.0 Å². The maximum atomic E-state index is 16.2. The van der Waals surface area contributed by atoms with Crippen molar-refractivity contribution in [3.63, 3.8) is 0 Å². The van der Waals surface area contributed by atoms with Crippen molar-refractivity contribution in [2.75, 3.05) is 19.7 Å². The van der Waals surface area contributed by atoms with Crippen LogP contribution in [0.25, 0.3) is 11.0 Å². The van der Waals surface area contributed by atoms with Crippen molar-refractivity contribution < 1.29 is 54.4 Å². The number of phenolic OH excluding ortho intramolecular Hbond substituents is 2. The molecule has 7 aliphatic carbocycles. The van der Waals surface area contributed by atoms with Crippen LogP contribution in [0.3, 0.4) is 0 Å². The molecule has 1 aromatic heterocycles. The molecule has 11 aliphatic rings. The number of aliphatic hydroxyl groups is 5. The Kier molecular flexibility index (Phi) is 13.7. The van der Waals surface area contributed by atoms with Crippen LogP contribution in [0.5, 0.6) is 17.2 Å². The number of nitrogens with one attached hydrogen (secondary N) is 3. The Morgan fingerprint density at radius 1 is 0.977 bits per heavy atom. The fourth-order valence-electron chi connectivity index (χ4n) is 20.1. The van der Waals surface area contributed by atoms with Gasteiger partial charge < -0.3 is 66.0 Å². The van der Waals surface area contributed by atoms with E-state index in [2.05, 4.69) is 53.4 Å². The molecule has 3 aromatic carbocycles. The molecule has 16 nitrogen and oxygen atoms in total. The van der Waals surface area contributed by atoms with E-state index in [0.29, 0.717) is 56.5 Å². The molecular formula is C71H82N4O12. The molecule has 458 valence electrons. The lowest BCUT2D eigenvalue weighted by molar-refractivity contribution is -0.173. The van der Waals surface area contributed by atoms with Crippen molar-refractivity contribution in [1.29, 1.82) is 0 Å². The minimum atomic E-state index is -1.63. The largest absolute Gasteiger partial charge is 0.508 e. The molecule has 0 saturated heterocycles. The lowest BCUT2D eigenvalue weighted by Gasteiger charge is -2.55. The fraction of sp³-hybridized carbons (Fsp3) is 0.521. The van der Waals surface area contributed by atoms with Crippen molar-refractivity contribution >= 4 is 16.9 Å². The Morgan fingerprint density at radius 3 is 2.57 bits per heavy atom. The molecule has 0 radical (unpaired) electrons. The number of phenols is 2. The number of carbonyl (C=O) groups is 1. The van der Waals surface area contributed by atoms with Crippen LogP contribution in [0.1, 0.15) is 166 Å². The third-order valence-electron chi connectivity index (χ3n) is 23.7. The minimum Gasteiger partial charge on any atom is -0.508 e. The number of hydrogen-bond acceptors (Lipinski definition) is 16. The molecule has 3 saturated carbocycles. The summed E-state index contributed by atoms with van der Waals surface area (Å²) < 4.78 is 22.0. The normalized spacial score (nSPS) is 35.8. The molecule has 5 heterocycles. The Balaban J connectivity index is 0.951. The van der Waals surface area contributed by atoms with Crippen LogP contribution in [0, 0.1) is 40.9 Å². The predicted octanol–water partition coefficient (Wildman–Crippen LogP) is 8.33. The van der Waals surface area contributed by atoms with Crippen molar-refractivity contribution in [2.45, 2.75) is 170 Å². The molecule has 16 atom stereocenters. The summed E-state index contributed by atoms with van der Waals surface area (Å²) in [6.07, 6.45) is 17.3. The molecule has 1 spiro atoms. The first-order chi connectivity index (χ1) is 42.0. The van der Waals surface area contributed by atoms with Gasteiger partial charge in [0.05, 0.1) is 36.2 Å². The quantitative estimate of drug-likeness (QED) is 0.0472. The van der Waals surface area contributed by atoms with Gasteiger partial charge in [-0.3, -0.25) is 10.1 Å². The number of rotatable bonds is 7. The molecule has 4 aromatic rings. The summed E-state index contributed by atoms with van der Waals surface area (Å²) in [5.41, 5.74) is 13.1. The molecule has 16 heteroatoms. The highest BCUT2D eigenvalue weighted by molar-refractivity contribution is 5.93. The van der Waals surface area contributed by atoms with Gasteiger partial charge in [-0.25, -0.2) is 4.79 Å². The van der Waals surface area contributed by atoms with Crippen LogP contribution < -0.4 is 31.8 Å². The number of ether oxygens (including phenoxy) is 2. The molecule has 3 fully saturated rings. The minimum absolute atomic E-state index is 0.0135. The zero-order valence-corrected chi connectivity index (χ0v) is 49.9. The van der Waals surface area contributed by atoms with Gasteiger partial charge in [-0.05, 0) is 200 Å². The fourth-order valence-corrected chi connectivity index (χ4v) is 20.1. The van der Waals surface area contributed by atoms with E-state index >= 15 is 4.79 Å². The number of benzene rings is 3. The first kappa shape index (κ1) is 56.8. The summed E-state index contributed by atoms with van der Waals surface area (Å²) in [4.78, 5) is 31.0. The number of allylic oxidation sites excluding steroid dienone is 6. The van der Waals surface area contributed by atoms with Gasteiger partial charge in [0.25, 0.3) is 0 Å². The molecule has 4 aliphatic heterocycles. The highest BCUT2D eigenvalue weighted by Gasteiger charge is 2.63. The number of nitrogens with two attached hydrogens (primary N) is 1. The first-order valence-electron chi connectivity index (χ1n) is 32.2. The van der Waals surface area contributed by atoms with Crippen LogP contribution in [0.15, 0.2) is 122 Å². The van der Waals surface area contributed by atoms with E-state index in [-0.39, 0.29) is 99.8 Å². The summed E-state index contributed by atoms with van der Waals surface area (Å²) in [5, 5.41) is 94.8. The molecule has 87 heavy (non-hydrogen) atoms. The lowest BCUT2D eigenvalue weighted by Crippen LogP contribution is -2.60. The lowest BCUT2D eigenvalue weighted by atomic mass is 9.54. The zero-order valence-electron chi connectivity index (χ0n) is 49.9. The van der Waals surface area contributed by atoms with E-state index in [1.54, 1.807) is 25.1 Å². The van der Waals surface area contributed by atoms with Gasteiger partial charge >= 0.3 is 5.97 Å². The zero-order chi connectivity index (χ0) is 60.2. The van der Waals surface area contributed by atoms with Crippen LogP contribution >= 0.6 is 0 Å². The van der Waals surface area contributed by atoms with Gasteiger partial charge in [0.2, 0.25) is 0 Å². The van der Waals surface area contributed by atoms with Gasteiger partial charge in [-0.2, -0.15) is 0 Å². The molecular weight excluding hydrogens is 1100 g/mol. The Hall–Kier alpha value is -6.66. The van der Waals surface area contributed by atoms with E-state index in [1.807, 2.05) is 31.2 Å². The number of fused-ring (bicyclic) bond motifs is 15. The second-order valence-electron chi connectivity index (χ2n) is 27.7. The van der Waals surface area contributed by atoms with Gasteiger partial charge in [0.1, 0.15) is 58.1 Å². The van der Waals surface area contributed by atoms with Crippen molar-refractivity contribution in [3.8, 4) is 17.2 Å². The third-order valence-corrected chi connectivity index (χ3v) is 23.7. The van der Waals surface area contributed by atoms with Crippen LogP contribution in [0.4, 0.5) is 0 Å². The standard InChI is InChI=1S/C71H82N4O12/c1-4-52(71(84)30-36-21-38(71)24-48-43-16-14-40(79)26-49(43)63(81)46-10-8-9-42(36)57(46)48)68(83)86-55-28-50-64(82)60-54(80)27-41(32-76)85-66(60)61-58-45-17-20-74-67(72)59(45)62(70(18-6-7-19-70)29-35-11-13-39(78)25-47(35)51(58)33-77)44-15-12-34-23-56(73-5-2)75-31-37(34)22-53(44)69(55,3)87-65(50)61/h4,8-11,13-14,16-17,23,25,27,31,36,38,40,43-44,48-49,51,53,55-56,58,62-63,73-79,81-82,84H,5-7,12,15,18-22,24,26,28-30,32-33,72H2,1-3H3/b52-4+/t36-,38-,40-,43-,44-,48-,49-,51-,53-,55+,56?,58+,62-,63-,69-,71+/m0/s1. The molecule has 15 rings (SSSR count). The maximum Gasteiger partial charge on any atom is 0.337 e. The third kappa shape index (κ3) is 8.50. The predicted molar refractivity (Wildman–Crippen MR) is 326 cm³/mol. The van der Waals surface area contributed by atoms with E-state index in [4.69, 9.17) is 19.6 Å². The summed E-state index contributed by atoms with van der Waals surface area (Å²) in [7, 11) is 0. The average molecular weight is 1180 g/mol. The number of aromatic hydroxyl groups is 2. The summed E-state index contributed by atoms with van der Waals surface area (Å²) in [5.74, 6) is -3.95. The molecule has 1 unspecified atom stereocenters. The van der Waals surface area contributed by atoms with E-state index in [9.17, 15) is 40.5 Å². The highest BCUT2D eigenvalue weighted by Crippen LogP contribution is 2.67. The van der Waals surface area contributed by atoms with E-state index in [0.717, 1.165) is 83.2 Å². The second-order valence-corrected chi connectivity index (χ2v) is 27.7. The first-order valence-corrected chi connectivity index (χ1v) is 32.2. The molecule has 6 bridgehead atoms. The number of hydrogen-bond donors (Lipinski definition) is 11. The second kappa shape index (κ2) is 21.0. The van der Waals surface area contributed by atoms with Crippen molar-refractivity contribution in [1.82, 2.24) is 16.0 Å². The van der Waals surface area contributed by atoms with E-state index in [1.165, 1.54) is 11.6 Å². The average Bonchev–Trinajstić information content (AvgIpc) is 1.69. The van der Waals surface area contributed by atoms with Gasteiger partial charge in [0, 0.05) is 54.1 Å². The van der Waals surface area contributed by atoms with Crippen LogP contribution in [-0.4, -0.2) is 91.0 Å². The number of aliphatic hydroxyl groups excluding tert-OH is 4. The number of esters is 1. The maximum absolute atomic E-state index is 16.2.